The molecule has 0 saturated heterocycles. The van der Waals surface area contributed by atoms with Gasteiger partial charge in [0.15, 0.2) is 29.5 Å². The van der Waals surface area contributed by atoms with Crippen LogP contribution < -0.4 is 0 Å². The van der Waals surface area contributed by atoms with Crippen molar-refractivity contribution in [3.8, 4) is 0 Å². The third-order valence-electron chi connectivity index (χ3n) is 3.25. The molecule has 0 aromatic carbocycles. The molecule has 0 unspecified atom stereocenters. The molecule has 0 aliphatic carbocycles. The van der Waals surface area contributed by atoms with Crippen molar-refractivity contribution < 1.29 is 69.3 Å². The molecule has 0 rings (SSSR count). The van der Waals surface area contributed by atoms with E-state index in [-0.39, 0.29) is 0 Å². The molecule has 7 nitrogen and oxygen atoms in total. The Morgan fingerprint density at radius 2 is 0.875 bits per heavy atom. The maximum Gasteiger partial charge on any atom is 0.470 e. The molecule has 0 heterocycles. The molecule has 196 valence electrons. The predicted molar refractivity (Wildman–Crippen MR) is 95.2 cm³/mol. The Balaban J connectivity index is 0. The highest BCUT2D eigenvalue weighted by Gasteiger charge is 2.63. The van der Waals surface area contributed by atoms with Gasteiger partial charge in [-0.3, -0.25) is 25.3 Å². The van der Waals surface area contributed by atoms with Crippen molar-refractivity contribution in [2.75, 3.05) is 27.7 Å². The Kier molecular flexibility index (Phi) is 11.1. The SMILES string of the molecule is CCCCCC[N+](C)(C)C.O=S(=O)([C-](S(=O)(=O)C(F)(F)F)S(=O)(=O)C(F)(F)F)C(F)(F)F. The summed E-state index contributed by atoms with van der Waals surface area (Å²) >= 11 is 0. The van der Waals surface area contributed by atoms with Crippen LogP contribution in [-0.4, -0.2) is 73.9 Å². The van der Waals surface area contributed by atoms with Gasteiger partial charge >= 0.3 is 16.5 Å². The van der Waals surface area contributed by atoms with Crippen molar-refractivity contribution in [2.24, 2.45) is 0 Å². The van der Waals surface area contributed by atoms with E-state index in [1.165, 1.54) is 32.2 Å². The lowest BCUT2D eigenvalue weighted by Gasteiger charge is -2.31. The second kappa shape index (κ2) is 10.6. The highest BCUT2D eigenvalue weighted by Crippen LogP contribution is 2.47. The summed E-state index contributed by atoms with van der Waals surface area (Å²) in [5.41, 5.74) is -21.2. The van der Waals surface area contributed by atoms with Crippen LogP contribution in [0.4, 0.5) is 39.5 Å². The fourth-order valence-corrected chi connectivity index (χ4v) is 7.46. The summed E-state index contributed by atoms with van der Waals surface area (Å²) in [5.74, 6) is 0. The zero-order valence-corrected chi connectivity index (χ0v) is 19.5. The quantitative estimate of drug-likeness (QED) is 0.197. The van der Waals surface area contributed by atoms with Crippen LogP contribution >= 0.6 is 0 Å². The first-order valence-corrected chi connectivity index (χ1v) is 12.7. The minimum absolute atomic E-state index is 1.11. The van der Waals surface area contributed by atoms with Gasteiger partial charge < -0.3 is 4.48 Å². The van der Waals surface area contributed by atoms with Crippen molar-refractivity contribution >= 4 is 29.5 Å². The number of rotatable bonds is 8. The van der Waals surface area contributed by atoms with Gasteiger partial charge in [-0.25, -0.2) is 0 Å². The Labute approximate surface area is 179 Å². The number of alkyl halides is 9. The van der Waals surface area contributed by atoms with Gasteiger partial charge in [0.05, 0.1) is 31.6 Å². The van der Waals surface area contributed by atoms with Gasteiger partial charge in [-0.05, 0) is 12.8 Å². The van der Waals surface area contributed by atoms with E-state index in [2.05, 4.69) is 28.1 Å². The summed E-state index contributed by atoms with van der Waals surface area (Å²) in [4.78, 5) is 0. The van der Waals surface area contributed by atoms with Crippen molar-refractivity contribution in [3.05, 3.63) is 3.91 Å². The van der Waals surface area contributed by atoms with E-state index in [1.807, 2.05) is 0 Å². The summed E-state index contributed by atoms with van der Waals surface area (Å²) in [7, 11) is -17.3. The van der Waals surface area contributed by atoms with Gasteiger partial charge in [0.1, 0.15) is 0 Å². The standard InChI is InChI=1S/C9H22N.C4F9O6S3/c1-5-6-7-8-9-10(2,3)4;5-2(6,7)20(14,15)1(21(16,17)3(8,9)10)22(18,19)4(11,12)13/h5-9H2,1-4H3;/q+1;-1. The second-order valence-corrected chi connectivity index (χ2v) is 13.6. The molecule has 0 saturated carbocycles. The number of halogens is 9. The largest absolute Gasteiger partial charge is 0.470 e. The van der Waals surface area contributed by atoms with Crippen LogP contribution in [-0.2, 0) is 29.5 Å². The van der Waals surface area contributed by atoms with Crippen LogP contribution in [0.25, 0.3) is 0 Å². The Morgan fingerprint density at radius 1 is 0.594 bits per heavy atom. The number of nitrogens with zero attached hydrogens (tertiary/aromatic N) is 1. The van der Waals surface area contributed by atoms with E-state index in [9.17, 15) is 64.8 Å². The van der Waals surface area contributed by atoms with Crippen LogP contribution in [0.3, 0.4) is 0 Å². The number of unbranched alkanes of at least 4 members (excludes halogenated alkanes) is 3. The highest BCUT2D eigenvalue weighted by atomic mass is 32.3. The van der Waals surface area contributed by atoms with E-state index in [4.69, 9.17) is 0 Å². The third-order valence-corrected chi connectivity index (χ3v) is 10.3. The van der Waals surface area contributed by atoms with Crippen molar-refractivity contribution in [1.29, 1.82) is 0 Å². The maximum atomic E-state index is 12.0. The van der Waals surface area contributed by atoms with E-state index < -0.39 is 50.0 Å². The Morgan fingerprint density at radius 3 is 1.06 bits per heavy atom. The zero-order chi connectivity index (χ0) is 26.6. The summed E-state index contributed by atoms with van der Waals surface area (Å²) in [6.45, 7) is 3.58. The predicted octanol–water partition coefficient (Wildman–Crippen LogP) is 3.51. The molecule has 0 amide bonds. The molecule has 0 bridgehead atoms. The van der Waals surface area contributed by atoms with Gasteiger partial charge in [-0.15, -0.1) is 0 Å². The molecule has 0 aliphatic heterocycles. The van der Waals surface area contributed by atoms with Gasteiger partial charge in [0, 0.05) is 0 Å². The van der Waals surface area contributed by atoms with Crippen molar-refractivity contribution in [1.82, 2.24) is 0 Å². The van der Waals surface area contributed by atoms with Gasteiger partial charge in [0.2, 0.25) is 0 Å². The van der Waals surface area contributed by atoms with Crippen molar-refractivity contribution in [2.45, 2.75) is 49.1 Å². The Hall–Kier alpha value is -0.820. The molecule has 0 aromatic heterocycles. The maximum absolute atomic E-state index is 12.0. The highest BCUT2D eigenvalue weighted by molar-refractivity contribution is 8.29. The molecule has 32 heavy (non-hydrogen) atoms. The average molecular weight is 556 g/mol. The van der Waals surface area contributed by atoms with E-state index in [1.54, 1.807) is 0 Å². The molecule has 0 radical (unpaired) electrons. The third kappa shape index (κ3) is 8.85. The minimum Gasteiger partial charge on any atom is -0.331 e. The van der Waals surface area contributed by atoms with E-state index in [0.717, 1.165) is 4.48 Å². The van der Waals surface area contributed by atoms with Crippen LogP contribution in [0, 0.1) is 3.91 Å². The number of hydrogen-bond donors (Lipinski definition) is 0. The molecular formula is C13H22F9NO6S3. The number of hydrogen-bond acceptors (Lipinski definition) is 6. The average Bonchev–Trinajstić information content (AvgIpc) is 2.47. The second-order valence-electron chi connectivity index (χ2n) is 7.17. The Bertz CT molecular complexity index is 808. The van der Waals surface area contributed by atoms with E-state index in [0.29, 0.717) is 0 Å². The molecule has 0 atom stereocenters. The smallest absolute Gasteiger partial charge is 0.331 e. The van der Waals surface area contributed by atoms with Crippen LogP contribution in [0.5, 0.6) is 0 Å². The lowest BCUT2D eigenvalue weighted by atomic mass is 10.2. The first kappa shape index (κ1) is 33.4. The van der Waals surface area contributed by atoms with Crippen LogP contribution in [0.2, 0.25) is 0 Å². The van der Waals surface area contributed by atoms with Crippen LogP contribution in [0.15, 0.2) is 0 Å². The molecule has 0 aliphatic rings. The number of quaternary nitrogens is 1. The fraction of sp³-hybridized carbons (Fsp3) is 0.923. The fourth-order valence-electron chi connectivity index (χ4n) is 1.73. The first-order valence-electron chi connectivity index (χ1n) is 8.29. The van der Waals surface area contributed by atoms with E-state index >= 15 is 0 Å². The van der Waals surface area contributed by atoms with Gasteiger partial charge in [-0.1, -0.05) is 19.8 Å². The van der Waals surface area contributed by atoms with Gasteiger partial charge in [-0.2, -0.15) is 39.5 Å². The number of sulfone groups is 3. The summed E-state index contributed by atoms with van der Waals surface area (Å²) in [6, 6.07) is 0. The van der Waals surface area contributed by atoms with Crippen molar-refractivity contribution in [3.63, 3.8) is 0 Å². The lowest BCUT2D eigenvalue weighted by Crippen LogP contribution is -2.47. The molecule has 0 aromatic rings. The molecular weight excluding hydrogens is 533 g/mol. The zero-order valence-electron chi connectivity index (χ0n) is 17.1. The molecule has 0 fully saturated rings. The molecule has 0 spiro atoms. The summed E-state index contributed by atoms with van der Waals surface area (Å²) < 4.78 is 169. The summed E-state index contributed by atoms with van der Waals surface area (Å²) in [6.07, 6.45) is 5.54. The molecule has 19 heteroatoms. The monoisotopic (exact) mass is 555 g/mol. The normalized spacial score (nSPS) is 14.8. The minimum atomic E-state index is -8.02. The topological polar surface area (TPSA) is 102 Å². The van der Waals surface area contributed by atoms with Crippen LogP contribution in [0.1, 0.15) is 32.6 Å². The molecule has 0 N–H and O–H groups in total. The lowest BCUT2D eigenvalue weighted by molar-refractivity contribution is -0.870. The first-order chi connectivity index (χ1) is 13.7. The summed E-state index contributed by atoms with van der Waals surface area (Å²) in [5, 5.41) is 0. The van der Waals surface area contributed by atoms with Gasteiger partial charge in [0.25, 0.3) is 0 Å².